The topological polar surface area (TPSA) is 75.6 Å². The summed E-state index contributed by atoms with van der Waals surface area (Å²) in [5.74, 6) is 3.96. The van der Waals surface area contributed by atoms with Crippen molar-refractivity contribution in [2.24, 2.45) is 23.7 Å². The summed E-state index contributed by atoms with van der Waals surface area (Å²) < 4.78 is 32.4. The largest absolute Gasteiger partial charge is 0.381 e. The Balaban J connectivity index is 1.14. The van der Waals surface area contributed by atoms with E-state index in [1.165, 1.54) is 31.2 Å². The molecule has 4 rings (SSSR count). The average molecular weight is 493 g/mol. The third-order valence-electron chi connectivity index (χ3n) is 8.25. The van der Waals surface area contributed by atoms with Gasteiger partial charge in [-0.3, -0.25) is 0 Å². The normalized spacial score (nSPS) is 25.4. The first-order valence-corrected chi connectivity index (χ1v) is 15.2. The number of hydrogen-bond acceptors (Lipinski definition) is 6. The molecule has 2 saturated heterocycles. The second-order valence-corrected chi connectivity index (χ2v) is 12.8. The molecule has 8 heteroatoms. The number of aromatic nitrogens is 2. The summed E-state index contributed by atoms with van der Waals surface area (Å²) in [6.45, 7) is 9.20. The minimum atomic E-state index is -3.05. The zero-order chi connectivity index (χ0) is 24.0. The Morgan fingerprint density at radius 1 is 0.912 bits per heavy atom. The number of ether oxygens (including phenoxy) is 1. The Kier molecular flexibility index (Phi) is 9.22. The molecule has 7 nitrogen and oxygen atoms in total. The summed E-state index contributed by atoms with van der Waals surface area (Å²) in [6.07, 6.45) is 13.8. The molecule has 3 fully saturated rings. The van der Waals surface area contributed by atoms with E-state index in [4.69, 9.17) is 4.74 Å². The zero-order valence-corrected chi connectivity index (χ0v) is 22.0. The average Bonchev–Trinajstić information content (AvgIpc) is 2.83. The number of sulfonamides is 1. The van der Waals surface area contributed by atoms with Crippen molar-refractivity contribution in [1.82, 2.24) is 14.3 Å². The van der Waals surface area contributed by atoms with Crippen LogP contribution >= 0.6 is 0 Å². The molecule has 0 bridgehead atoms. The van der Waals surface area contributed by atoms with Gasteiger partial charge in [0.25, 0.3) is 0 Å². The van der Waals surface area contributed by atoms with Crippen molar-refractivity contribution < 1.29 is 13.2 Å². The summed E-state index contributed by atoms with van der Waals surface area (Å²) in [5.41, 5.74) is 1.23. The summed E-state index contributed by atoms with van der Waals surface area (Å²) in [7, 11) is -3.05. The zero-order valence-electron chi connectivity index (χ0n) is 21.2. The van der Waals surface area contributed by atoms with Crippen molar-refractivity contribution in [3.05, 3.63) is 18.0 Å². The van der Waals surface area contributed by atoms with E-state index in [0.717, 1.165) is 69.8 Å². The van der Waals surface area contributed by atoms with Crippen LogP contribution in [0.1, 0.15) is 70.8 Å². The quantitative estimate of drug-likeness (QED) is 0.462. The lowest BCUT2D eigenvalue weighted by molar-refractivity contribution is -0.0139. The third kappa shape index (κ3) is 6.49. The Bertz CT molecular complexity index is 847. The van der Waals surface area contributed by atoms with Crippen LogP contribution in [-0.2, 0) is 21.2 Å². The van der Waals surface area contributed by atoms with E-state index in [9.17, 15) is 8.42 Å². The van der Waals surface area contributed by atoms with E-state index in [0.29, 0.717) is 31.3 Å². The minimum Gasteiger partial charge on any atom is -0.381 e. The van der Waals surface area contributed by atoms with Crippen LogP contribution in [0.25, 0.3) is 0 Å². The Labute approximate surface area is 206 Å². The lowest BCUT2D eigenvalue weighted by Gasteiger charge is -2.45. The summed E-state index contributed by atoms with van der Waals surface area (Å²) >= 11 is 0. The molecule has 2 atom stereocenters. The van der Waals surface area contributed by atoms with Crippen molar-refractivity contribution in [2.45, 2.75) is 71.6 Å². The van der Waals surface area contributed by atoms with Crippen LogP contribution < -0.4 is 4.90 Å². The van der Waals surface area contributed by atoms with Gasteiger partial charge in [-0.2, -0.15) is 0 Å². The number of piperidine rings is 2. The second kappa shape index (κ2) is 12.1. The highest BCUT2D eigenvalue weighted by Gasteiger charge is 2.38. The van der Waals surface area contributed by atoms with Gasteiger partial charge in [0.2, 0.25) is 16.0 Å². The Hall–Kier alpha value is -1.25. The van der Waals surface area contributed by atoms with Crippen LogP contribution in [-0.4, -0.2) is 67.8 Å². The van der Waals surface area contributed by atoms with Crippen LogP contribution in [0.4, 0.5) is 5.95 Å². The third-order valence-corrected chi connectivity index (χ3v) is 10.3. The highest BCUT2D eigenvalue weighted by Crippen LogP contribution is 2.44. The fourth-order valence-electron chi connectivity index (χ4n) is 6.01. The van der Waals surface area contributed by atoms with Crippen molar-refractivity contribution in [3.8, 4) is 0 Å². The van der Waals surface area contributed by atoms with E-state index in [1.807, 2.05) is 19.3 Å². The molecule has 1 aromatic heterocycles. The van der Waals surface area contributed by atoms with Gasteiger partial charge in [0.05, 0.1) is 5.75 Å². The summed E-state index contributed by atoms with van der Waals surface area (Å²) in [5, 5.41) is 0. The van der Waals surface area contributed by atoms with E-state index in [1.54, 1.807) is 4.31 Å². The van der Waals surface area contributed by atoms with Gasteiger partial charge in [0.1, 0.15) is 0 Å². The highest BCUT2D eigenvalue weighted by atomic mass is 32.2. The molecule has 3 heterocycles. The molecular formula is C26H44N4O3S. The molecular weight excluding hydrogens is 448 g/mol. The van der Waals surface area contributed by atoms with Crippen LogP contribution in [0.15, 0.2) is 12.4 Å². The van der Waals surface area contributed by atoms with Gasteiger partial charge in [-0.25, -0.2) is 22.7 Å². The van der Waals surface area contributed by atoms with Gasteiger partial charge in [-0.15, -0.1) is 0 Å². The highest BCUT2D eigenvalue weighted by molar-refractivity contribution is 7.89. The molecule has 34 heavy (non-hydrogen) atoms. The maximum atomic E-state index is 12.3. The molecule has 0 aromatic carbocycles. The number of aryl methyl sites for hydroxylation is 1. The monoisotopic (exact) mass is 492 g/mol. The van der Waals surface area contributed by atoms with Crippen molar-refractivity contribution in [2.75, 3.05) is 50.0 Å². The van der Waals surface area contributed by atoms with E-state index in [2.05, 4.69) is 21.8 Å². The van der Waals surface area contributed by atoms with Crippen LogP contribution in [0.5, 0.6) is 0 Å². The Morgan fingerprint density at radius 2 is 1.62 bits per heavy atom. The van der Waals surface area contributed by atoms with E-state index >= 15 is 0 Å². The minimum absolute atomic E-state index is 0.272. The molecule has 0 amide bonds. The van der Waals surface area contributed by atoms with Crippen molar-refractivity contribution >= 4 is 16.0 Å². The lowest BCUT2D eigenvalue weighted by Crippen LogP contribution is -2.43. The molecule has 1 saturated carbocycles. The van der Waals surface area contributed by atoms with Gasteiger partial charge >= 0.3 is 0 Å². The molecule has 2 aliphatic heterocycles. The van der Waals surface area contributed by atoms with Gasteiger partial charge < -0.3 is 9.64 Å². The van der Waals surface area contributed by atoms with Crippen LogP contribution in [0.3, 0.4) is 0 Å². The maximum absolute atomic E-state index is 12.3. The Morgan fingerprint density at radius 3 is 2.21 bits per heavy atom. The van der Waals surface area contributed by atoms with Crippen LogP contribution in [0, 0.1) is 23.7 Å². The molecule has 192 valence electrons. The van der Waals surface area contributed by atoms with E-state index in [-0.39, 0.29) is 5.75 Å². The first-order valence-electron chi connectivity index (χ1n) is 13.6. The molecule has 0 radical (unpaired) electrons. The molecule has 2 unspecified atom stereocenters. The maximum Gasteiger partial charge on any atom is 0.225 e. The number of rotatable bonds is 11. The van der Waals surface area contributed by atoms with Gasteiger partial charge in [0, 0.05) is 51.8 Å². The number of hydrogen-bond donors (Lipinski definition) is 0. The van der Waals surface area contributed by atoms with Gasteiger partial charge in [-0.1, -0.05) is 20.3 Å². The van der Waals surface area contributed by atoms with Crippen molar-refractivity contribution in [3.63, 3.8) is 0 Å². The van der Waals surface area contributed by atoms with E-state index < -0.39 is 10.0 Å². The predicted molar refractivity (Wildman–Crippen MR) is 136 cm³/mol. The van der Waals surface area contributed by atoms with Crippen molar-refractivity contribution in [1.29, 1.82) is 0 Å². The number of nitrogens with zero attached hydrogens (tertiary/aromatic N) is 4. The molecule has 3 aliphatic rings. The molecule has 1 aromatic rings. The van der Waals surface area contributed by atoms with Crippen LogP contribution in [0.2, 0.25) is 0 Å². The smallest absolute Gasteiger partial charge is 0.225 e. The fraction of sp³-hybridized carbons (Fsp3) is 0.846. The molecule has 1 aliphatic carbocycles. The fourth-order valence-corrected chi connectivity index (χ4v) is 7.55. The first kappa shape index (κ1) is 25.8. The summed E-state index contributed by atoms with van der Waals surface area (Å²) in [4.78, 5) is 11.6. The van der Waals surface area contributed by atoms with Gasteiger partial charge in [-0.05, 0) is 80.6 Å². The SMILES string of the molecule is CCCc1cnc(N2CCC(C3CCC3COCC3CCN(S(=O)(=O)CCC)CC3)CC2)nc1. The number of anilines is 1. The predicted octanol–water partition coefficient (Wildman–Crippen LogP) is 4.14. The first-order chi connectivity index (χ1) is 16.5. The lowest BCUT2D eigenvalue weighted by atomic mass is 9.65. The molecule has 0 spiro atoms. The van der Waals surface area contributed by atoms with Gasteiger partial charge in [0.15, 0.2) is 0 Å². The standard InChI is InChI=1S/C26H44N4O3S/c1-3-5-22-17-27-26(28-18-22)29-12-10-23(11-13-29)25-7-6-24(25)20-33-19-21-8-14-30(15-9-21)34(31,32)16-4-2/h17-18,21,23-25H,3-16,19-20H2,1-2H3. The molecule has 0 N–H and O–H groups in total. The second-order valence-electron chi connectivity index (χ2n) is 10.7. The summed E-state index contributed by atoms with van der Waals surface area (Å²) in [6, 6.07) is 0.